The van der Waals surface area contributed by atoms with E-state index in [1.807, 2.05) is 41.2 Å². The van der Waals surface area contributed by atoms with Gasteiger partial charge in [0, 0.05) is 31.2 Å². The molecule has 3 rings (SSSR count). The zero-order chi connectivity index (χ0) is 17.5. The molecule has 2 aromatic heterocycles. The minimum atomic E-state index is -0.217. The van der Waals surface area contributed by atoms with Gasteiger partial charge in [0.15, 0.2) is 0 Å². The number of aromatic nitrogens is 5. The summed E-state index contributed by atoms with van der Waals surface area (Å²) < 4.78 is 3.59. The number of anilines is 1. The van der Waals surface area contributed by atoms with Crippen molar-refractivity contribution in [2.45, 2.75) is 20.0 Å². The zero-order valence-electron chi connectivity index (χ0n) is 14.0. The molecule has 8 heteroatoms. The Morgan fingerprint density at radius 2 is 2.16 bits per heavy atom. The number of urea groups is 1. The normalized spacial score (nSPS) is 11.9. The van der Waals surface area contributed by atoms with E-state index in [4.69, 9.17) is 0 Å². The number of benzene rings is 1. The number of nitrogens with one attached hydrogen (secondary N) is 2. The van der Waals surface area contributed by atoms with E-state index in [0.717, 1.165) is 17.8 Å². The molecule has 0 fully saturated rings. The third kappa shape index (κ3) is 5.17. The number of hydrogen-bond donors (Lipinski definition) is 2. The van der Waals surface area contributed by atoms with E-state index in [1.54, 1.807) is 17.2 Å². The van der Waals surface area contributed by atoms with E-state index >= 15 is 0 Å². The maximum atomic E-state index is 12.1. The van der Waals surface area contributed by atoms with Crippen molar-refractivity contribution >= 4 is 11.7 Å². The fourth-order valence-electron chi connectivity index (χ4n) is 2.48. The molecule has 2 heterocycles. The van der Waals surface area contributed by atoms with Crippen LogP contribution in [0.2, 0.25) is 0 Å². The molecule has 25 heavy (non-hydrogen) atoms. The van der Waals surface area contributed by atoms with Gasteiger partial charge in [0.05, 0.1) is 6.54 Å². The highest BCUT2D eigenvalue weighted by Crippen LogP contribution is 2.11. The number of amides is 2. The van der Waals surface area contributed by atoms with Gasteiger partial charge in [-0.3, -0.25) is 4.68 Å². The first-order chi connectivity index (χ1) is 12.2. The van der Waals surface area contributed by atoms with Gasteiger partial charge in [-0.1, -0.05) is 19.1 Å². The smallest absolute Gasteiger partial charge is 0.319 e. The molecule has 0 saturated heterocycles. The molecule has 1 atom stereocenters. The summed E-state index contributed by atoms with van der Waals surface area (Å²) in [6, 6.07) is 9.34. The van der Waals surface area contributed by atoms with Gasteiger partial charge in [-0.25, -0.2) is 14.5 Å². The fourth-order valence-corrected chi connectivity index (χ4v) is 2.48. The lowest BCUT2D eigenvalue weighted by atomic mass is 10.2. The Kier molecular flexibility index (Phi) is 5.40. The highest BCUT2D eigenvalue weighted by molar-refractivity contribution is 5.89. The molecule has 130 valence electrons. The SMILES string of the molecule is C[C@@H](CNC(=O)Nc1cccc(Cn2cncn2)c1)Cn1cccn1. The summed E-state index contributed by atoms with van der Waals surface area (Å²) in [4.78, 5) is 16.0. The second-order valence-corrected chi connectivity index (χ2v) is 5.96. The second kappa shape index (κ2) is 8.09. The van der Waals surface area contributed by atoms with Crippen LogP contribution in [0, 0.1) is 5.92 Å². The third-order valence-corrected chi connectivity index (χ3v) is 3.67. The van der Waals surface area contributed by atoms with Gasteiger partial charge in [0.1, 0.15) is 12.7 Å². The molecule has 0 aliphatic carbocycles. The van der Waals surface area contributed by atoms with Crippen molar-refractivity contribution in [2.24, 2.45) is 5.92 Å². The summed E-state index contributed by atoms with van der Waals surface area (Å²) in [5.41, 5.74) is 1.78. The maximum Gasteiger partial charge on any atom is 0.319 e. The Balaban J connectivity index is 1.47. The highest BCUT2D eigenvalue weighted by Gasteiger charge is 2.07. The van der Waals surface area contributed by atoms with Gasteiger partial charge in [-0.2, -0.15) is 10.2 Å². The summed E-state index contributed by atoms with van der Waals surface area (Å²) >= 11 is 0. The first kappa shape index (κ1) is 16.7. The summed E-state index contributed by atoms with van der Waals surface area (Å²) in [6.07, 6.45) is 6.82. The molecule has 0 aliphatic heterocycles. The van der Waals surface area contributed by atoms with Crippen LogP contribution in [0.25, 0.3) is 0 Å². The first-order valence-corrected chi connectivity index (χ1v) is 8.12. The largest absolute Gasteiger partial charge is 0.338 e. The van der Waals surface area contributed by atoms with Crippen molar-refractivity contribution in [3.8, 4) is 0 Å². The predicted molar refractivity (Wildman–Crippen MR) is 94.0 cm³/mol. The van der Waals surface area contributed by atoms with E-state index in [1.165, 1.54) is 6.33 Å². The standard InChI is InChI=1S/C17H21N7O/c1-14(10-23-7-3-6-20-23)9-19-17(25)22-16-5-2-4-15(8-16)11-24-13-18-12-21-24/h2-8,12-14H,9-11H2,1H3,(H2,19,22,25)/t14-/m0/s1. The molecule has 1 aromatic carbocycles. The van der Waals surface area contributed by atoms with Crippen LogP contribution in [0.15, 0.2) is 55.4 Å². The monoisotopic (exact) mass is 339 g/mol. The Morgan fingerprint density at radius 3 is 2.92 bits per heavy atom. The Labute approximate surface area is 145 Å². The molecule has 0 unspecified atom stereocenters. The number of nitrogens with zero attached hydrogens (tertiary/aromatic N) is 5. The summed E-state index contributed by atoms with van der Waals surface area (Å²) in [5, 5.41) is 14.0. The predicted octanol–water partition coefficient (Wildman–Crippen LogP) is 1.98. The van der Waals surface area contributed by atoms with Crippen molar-refractivity contribution < 1.29 is 4.79 Å². The van der Waals surface area contributed by atoms with Crippen molar-refractivity contribution in [1.29, 1.82) is 0 Å². The summed E-state index contributed by atoms with van der Waals surface area (Å²) in [6.45, 7) is 4.02. The molecule has 0 radical (unpaired) electrons. The minimum absolute atomic E-state index is 0.217. The Bertz CT molecular complexity index is 783. The van der Waals surface area contributed by atoms with E-state index in [9.17, 15) is 4.79 Å². The topological polar surface area (TPSA) is 89.7 Å². The Hall–Kier alpha value is -3.16. The van der Waals surface area contributed by atoms with Crippen molar-refractivity contribution in [3.63, 3.8) is 0 Å². The molecule has 2 N–H and O–H groups in total. The Morgan fingerprint density at radius 1 is 1.24 bits per heavy atom. The molecule has 8 nitrogen and oxygen atoms in total. The van der Waals surface area contributed by atoms with Crippen LogP contribution in [0.3, 0.4) is 0 Å². The van der Waals surface area contributed by atoms with Crippen molar-refractivity contribution in [2.75, 3.05) is 11.9 Å². The van der Waals surface area contributed by atoms with Crippen LogP contribution in [-0.4, -0.2) is 37.1 Å². The van der Waals surface area contributed by atoms with Crippen LogP contribution in [0.4, 0.5) is 10.5 Å². The number of carbonyl (C=O) groups excluding carboxylic acids is 1. The van der Waals surface area contributed by atoms with Gasteiger partial charge in [-0.15, -0.1) is 0 Å². The molecule has 2 amide bonds. The average Bonchev–Trinajstić information content (AvgIpc) is 3.27. The van der Waals surface area contributed by atoms with Crippen LogP contribution in [0.5, 0.6) is 0 Å². The lowest BCUT2D eigenvalue weighted by molar-refractivity contribution is 0.249. The lowest BCUT2D eigenvalue weighted by Crippen LogP contribution is -2.33. The summed E-state index contributed by atoms with van der Waals surface area (Å²) in [7, 11) is 0. The van der Waals surface area contributed by atoms with E-state index in [-0.39, 0.29) is 11.9 Å². The molecule has 0 bridgehead atoms. The van der Waals surface area contributed by atoms with Crippen LogP contribution in [0.1, 0.15) is 12.5 Å². The van der Waals surface area contributed by atoms with Crippen LogP contribution >= 0.6 is 0 Å². The van der Waals surface area contributed by atoms with E-state index in [2.05, 4.69) is 32.7 Å². The molecule has 0 aliphatic rings. The average molecular weight is 339 g/mol. The highest BCUT2D eigenvalue weighted by atomic mass is 16.2. The fraction of sp³-hybridized carbons (Fsp3) is 0.294. The molecule has 3 aromatic rings. The van der Waals surface area contributed by atoms with Gasteiger partial charge < -0.3 is 10.6 Å². The second-order valence-electron chi connectivity index (χ2n) is 5.96. The van der Waals surface area contributed by atoms with Crippen LogP contribution < -0.4 is 10.6 Å². The number of rotatable bonds is 7. The molecular weight excluding hydrogens is 318 g/mol. The van der Waals surface area contributed by atoms with E-state index in [0.29, 0.717) is 13.1 Å². The van der Waals surface area contributed by atoms with Crippen molar-refractivity contribution in [1.82, 2.24) is 29.9 Å². The number of hydrogen-bond acceptors (Lipinski definition) is 4. The number of carbonyl (C=O) groups is 1. The van der Waals surface area contributed by atoms with Crippen LogP contribution in [-0.2, 0) is 13.1 Å². The van der Waals surface area contributed by atoms with Gasteiger partial charge in [-0.05, 0) is 29.7 Å². The van der Waals surface area contributed by atoms with E-state index < -0.39 is 0 Å². The molecule has 0 spiro atoms. The van der Waals surface area contributed by atoms with Gasteiger partial charge >= 0.3 is 6.03 Å². The zero-order valence-corrected chi connectivity index (χ0v) is 14.0. The maximum absolute atomic E-state index is 12.1. The molecule has 0 saturated carbocycles. The molecular formula is C17H21N7O. The first-order valence-electron chi connectivity index (χ1n) is 8.12. The van der Waals surface area contributed by atoms with Gasteiger partial charge in [0.25, 0.3) is 0 Å². The lowest BCUT2D eigenvalue weighted by Gasteiger charge is -2.14. The van der Waals surface area contributed by atoms with Crippen molar-refractivity contribution in [3.05, 3.63) is 60.9 Å². The quantitative estimate of drug-likeness (QED) is 0.689. The van der Waals surface area contributed by atoms with Gasteiger partial charge in [0.2, 0.25) is 0 Å². The minimum Gasteiger partial charge on any atom is -0.338 e. The summed E-state index contributed by atoms with van der Waals surface area (Å²) in [5.74, 6) is 0.282. The third-order valence-electron chi connectivity index (χ3n) is 3.67.